The fourth-order valence-electron chi connectivity index (χ4n) is 4.03. The molecule has 9 heteroatoms. The fraction of sp³-hybridized carbons (Fsp3) is 0.464. The van der Waals surface area contributed by atoms with Crippen LogP contribution in [0.1, 0.15) is 18.1 Å². The van der Waals surface area contributed by atoms with Crippen LogP contribution in [0.4, 0.5) is 0 Å². The molecule has 2 aromatic carbocycles. The first kappa shape index (κ1) is 28.6. The van der Waals surface area contributed by atoms with E-state index in [1.807, 2.05) is 48.5 Å². The zero-order valence-electron chi connectivity index (χ0n) is 21.8. The van der Waals surface area contributed by atoms with E-state index in [0.29, 0.717) is 6.61 Å². The lowest BCUT2D eigenvalue weighted by Crippen LogP contribution is -2.62. The van der Waals surface area contributed by atoms with Gasteiger partial charge in [-0.1, -0.05) is 30.3 Å². The molecule has 1 saturated heterocycles. The van der Waals surface area contributed by atoms with E-state index in [4.69, 9.17) is 37.9 Å². The number of hydrogen-bond donors (Lipinski definition) is 0. The van der Waals surface area contributed by atoms with Crippen LogP contribution in [0.5, 0.6) is 11.5 Å². The summed E-state index contributed by atoms with van der Waals surface area (Å²) in [7, 11) is 4.79. The predicted octanol–water partition coefficient (Wildman–Crippen LogP) is 3.68. The summed E-state index contributed by atoms with van der Waals surface area (Å²) in [5, 5.41) is 0. The molecule has 0 N–H and O–H groups in total. The first-order valence-electron chi connectivity index (χ1n) is 12.0. The summed E-state index contributed by atoms with van der Waals surface area (Å²) >= 11 is 0. The van der Waals surface area contributed by atoms with Gasteiger partial charge in [0.05, 0.1) is 40.6 Å². The van der Waals surface area contributed by atoms with Crippen molar-refractivity contribution in [2.24, 2.45) is 0 Å². The van der Waals surface area contributed by atoms with Gasteiger partial charge in [0.25, 0.3) is 0 Å². The molecule has 0 spiro atoms. The van der Waals surface area contributed by atoms with Crippen LogP contribution in [-0.4, -0.2) is 71.2 Å². The number of carbonyl (C=O) groups is 1. The summed E-state index contributed by atoms with van der Waals surface area (Å²) in [4.78, 5) is 12.0. The van der Waals surface area contributed by atoms with Gasteiger partial charge in [-0.25, -0.2) is 0 Å². The zero-order chi connectivity index (χ0) is 26.6. The summed E-state index contributed by atoms with van der Waals surface area (Å²) < 4.78 is 46.1. The molecule has 0 saturated carbocycles. The van der Waals surface area contributed by atoms with Gasteiger partial charge in [0.1, 0.15) is 29.8 Å². The van der Waals surface area contributed by atoms with E-state index in [2.05, 4.69) is 6.58 Å². The number of rotatable bonds is 14. The molecule has 2 aromatic rings. The lowest BCUT2D eigenvalue weighted by atomic mass is 9.98. The number of methoxy groups -OCH3 is 3. The van der Waals surface area contributed by atoms with Crippen LogP contribution in [0.25, 0.3) is 0 Å². The van der Waals surface area contributed by atoms with Crippen LogP contribution < -0.4 is 9.47 Å². The van der Waals surface area contributed by atoms with Crippen molar-refractivity contribution in [1.82, 2.24) is 0 Å². The second-order valence-electron chi connectivity index (χ2n) is 8.43. The average molecular weight is 517 g/mol. The molecule has 1 aliphatic rings. The third-order valence-electron chi connectivity index (χ3n) is 5.86. The van der Waals surface area contributed by atoms with Crippen LogP contribution in [0, 0.1) is 0 Å². The van der Waals surface area contributed by atoms with Gasteiger partial charge in [0, 0.05) is 14.0 Å². The van der Waals surface area contributed by atoms with Crippen molar-refractivity contribution in [3.05, 3.63) is 72.3 Å². The van der Waals surface area contributed by atoms with E-state index in [1.54, 1.807) is 27.4 Å². The Morgan fingerprint density at radius 3 is 1.97 bits per heavy atom. The second kappa shape index (κ2) is 14.7. The molecule has 1 fully saturated rings. The largest absolute Gasteiger partial charge is 0.497 e. The molecule has 202 valence electrons. The molecule has 1 aliphatic heterocycles. The van der Waals surface area contributed by atoms with Crippen molar-refractivity contribution < 1.29 is 42.7 Å². The van der Waals surface area contributed by atoms with Crippen molar-refractivity contribution in [2.45, 2.75) is 50.8 Å². The molecule has 9 nitrogen and oxygen atoms in total. The Hall–Kier alpha value is -2.95. The topological polar surface area (TPSA) is 90.9 Å². The minimum Gasteiger partial charge on any atom is -0.497 e. The number of esters is 1. The molecule has 0 amide bonds. The van der Waals surface area contributed by atoms with Gasteiger partial charge in [-0.2, -0.15) is 0 Å². The number of carbonyl (C=O) groups excluding carboxylic acids is 1. The highest BCUT2D eigenvalue weighted by atomic mass is 16.7. The van der Waals surface area contributed by atoms with Crippen molar-refractivity contribution in [3.63, 3.8) is 0 Å². The Morgan fingerprint density at radius 2 is 1.46 bits per heavy atom. The number of hydrogen-bond acceptors (Lipinski definition) is 9. The maximum absolute atomic E-state index is 12.0. The van der Waals surface area contributed by atoms with E-state index in [9.17, 15) is 4.79 Å². The molecule has 3 rings (SSSR count). The Bertz CT molecular complexity index is 961. The molecule has 0 aliphatic carbocycles. The van der Waals surface area contributed by atoms with Gasteiger partial charge in [-0.3, -0.25) is 4.79 Å². The van der Waals surface area contributed by atoms with Gasteiger partial charge in [0.15, 0.2) is 12.4 Å². The quantitative estimate of drug-likeness (QED) is 0.275. The van der Waals surface area contributed by atoms with E-state index >= 15 is 0 Å². The van der Waals surface area contributed by atoms with E-state index < -0.39 is 36.7 Å². The highest BCUT2D eigenvalue weighted by molar-refractivity contribution is 5.66. The standard InChI is InChI=1S/C28H36O9/c1-6-15-34-28-27(36-19(2)29)26(35-17-21-9-13-23(31-4)14-10-21)25(32-5)24(37-28)18-33-16-20-7-11-22(30-3)12-8-20/h6-14,24-28H,1,15-18H2,2-5H3/t24-,25+,26+,27-,28-/m1/s1. The van der Waals surface area contributed by atoms with Crippen molar-refractivity contribution in [1.29, 1.82) is 0 Å². The summed E-state index contributed by atoms with van der Waals surface area (Å²) in [6.07, 6.45) is -2.00. The molecule has 37 heavy (non-hydrogen) atoms. The van der Waals surface area contributed by atoms with Gasteiger partial charge in [-0.15, -0.1) is 6.58 Å². The van der Waals surface area contributed by atoms with Crippen LogP contribution in [0.2, 0.25) is 0 Å². The summed E-state index contributed by atoms with van der Waals surface area (Å²) in [5.74, 6) is 1.03. The number of ether oxygens (including phenoxy) is 8. The van der Waals surface area contributed by atoms with Gasteiger partial charge < -0.3 is 37.9 Å². The average Bonchev–Trinajstić information content (AvgIpc) is 2.92. The minimum absolute atomic E-state index is 0.199. The molecule has 0 bridgehead atoms. The molecule has 0 unspecified atom stereocenters. The lowest BCUT2D eigenvalue weighted by Gasteiger charge is -2.44. The Labute approximate surface area is 218 Å². The number of benzene rings is 2. The fourth-order valence-corrected chi connectivity index (χ4v) is 4.03. The van der Waals surface area contributed by atoms with Crippen molar-refractivity contribution in [3.8, 4) is 11.5 Å². The third kappa shape index (κ3) is 8.28. The van der Waals surface area contributed by atoms with Crippen molar-refractivity contribution >= 4 is 5.97 Å². The normalized spacial score (nSPS) is 23.3. The van der Waals surface area contributed by atoms with Crippen molar-refractivity contribution in [2.75, 3.05) is 34.5 Å². The van der Waals surface area contributed by atoms with Crippen LogP contribution >= 0.6 is 0 Å². The van der Waals surface area contributed by atoms with E-state index in [-0.39, 0.29) is 19.8 Å². The third-order valence-corrected chi connectivity index (χ3v) is 5.86. The molecule has 1 heterocycles. The van der Waals surface area contributed by atoms with E-state index in [1.165, 1.54) is 6.92 Å². The van der Waals surface area contributed by atoms with Gasteiger partial charge >= 0.3 is 5.97 Å². The first-order chi connectivity index (χ1) is 18.0. The van der Waals surface area contributed by atoms with Crippen LogP contribution in [-0.2, 0) is 46.4 Å². The minimum atomic E-state index is -0.899. The Kier molecular flexibility index (Phi) is 11.4. The predicted molar refractivity (Wildman–Crippen MR) is 135 cm³/mol. The maximum atomic E-state index is 12.0. The molecule has 0 radical (unpaired) electrons. The molecule has 5 atom stereocenters. The second-order valence-corrected chi connectivity index (χ2v) is 8.43. The zero-order valence-corrected chi connectivity index (χ0v) is 21.8. The molecular weight excluding hydrogens is 480 g/mol. The Balaban J connectivity index is 1.75. The Morgan fingerprint density at radius 1 is 0.865 bits per heavy atom. The first-order valence-corrected chi connectivity index (χ1v) is 12.0. The van der Waals surface area contributed by atoms with Gasteiger partial charge in [0.2, 0.25) is 0 Å². The summed E-state index contributed by atoms with van der Waals surface area (Å²) in [6, 6.07) is 15.1. The highest BCUT2D eigenvalue weighted by Crippen LogP contribution is 2.30. The molecule has 0 aromatic heterocycles. The van der Waals surface area contributed by atoms with Crippen LogP contribution in [0.15, 0.2) is 61.2 Å². The SMILES string of the molecule is C=CCO[C@@H]1O[C@H](COCc2ccc(OC)cc2)[C@H](OC)[C@H](OCc2ccc(OC)cc2)[C@H]1OC(C)=O. The lowest BCUT2D eigenvalue weighted by molar-refractivity contribution is -0.314. The summed E-state index contributed by atoms with van der Waals surface area (Å²) in [5.41, 5.74) is 1.90. The smallest absolute Gasteiger partial charge is 0.303 e. The maximum Gasteiger partial charge on any atom is 0.303 e. The highest BCUT2D eigenvalue weighted by Gasteiger charge is 2.49. The monoisotopic (exact) mass is 516 g/mol. The van der Waals surface area contributed by atoms with E-state index in [0.717, 1.165) is 22.6 Å². The molecular formula is C28H36O9. The van der Waals surface area contributed by atoms with Crippen LogP contribution in [0.3, 0.4) is 0 Å². The van der Waals surface area contributed by atoms with Gasteiger partial charge in [-0.05, 0) is 35.4 Å². The summed E-state index contributed by atoms with van der Waals surface area (Å²) in [6.45, 7) is 6.04.